The first-order valence-corrected chi connectivity index (χ1v) is 11.4. The number of carbonyl (C=O) groups is 1. The molecule has 0 radical (unpaired) electrons. The second-order valence-electron chi connectivity index (χ2n) is 8.28. The van der Waals surface area contributed by atoms with Gasteiger partial charge in [0.1, 0.15) is 5.82 Å². The second-order valence-corrected chi connectivity index (χ2v) is 8.28. The molecule has 0 atom stereocenters. The van der Waals surface area contributed by atoms with Crippen LogP contribution in [0.3, 0.4) is 0 Å². The monoisotopic (exact) mass is 415 g/mol. The summed E-state index contributed by atoms with van der Waals surface area (Å²) in [5.74, 6) is 1.66. The number of amides is 1. The van der Waals surface area contributed by atoms with Crippen LogP contribution in [0.5, 0.6) is 0 Å². The van der Waals surface area contributed by atoms with Gasteiger partial charge in [0.2, 0.25) is 5.91 Å². The van der Waals surface area contributed by atoms with E-state index in [2.05, 4.69) is 44.5 Å². The molecule has 2 fully saturated rings. The van der Waals surface area contributed by atoms with Crippen LogP contribution in [0.2, 0.25) is 0 Å². The van der Waals surface area contributed by atoms with Crippen molar-refractivity contribution >= 4 is 17.7 Å². The largest absolute Gasteiger partial charge is 0.369 e. The molecule has 30 heavy (non-hydrogen) atoms. The molecule has 0 unspecified atom stereocenters. The number of rotatable bonds is 7. The Morgan fingerprint density at radius 3 is 2.60 bits per heavy atom. The summed E-state index contributed by atoms with van der Waals surface area (Å²) in [6, 6.07) is 4.59. The molecule has 2 aliphatic heterocycles. The van der Waals surface area contributed by atoms with Gasteiger partial charge < -0.3 is 21.3 Å². The van der Waals surface area contributed by atoms with Gasteiger partial charge in [-0.1, -0.05) is 12.8 Å². The molecule has 8 heteroatoms. The number of hydrogen-bond donors (Lipinski definition) is 3. The van der Waals surface area contributed by atoms with E-state index >= 15 is 0 Å². The smallest absolute Gasteiger partial charge is 0.231 e. The standard InChI is InChI=1S/C22H37N7O/c1-2-24-22(27-19-8-13-28(14-9-19)17-20(23)30)26-16-18-7-10-25-21(15-18)29-11-5-3-4-6-12-29/h7,10,15,19H,2-6,8-9,11-14,16-17H2,1H3,(H2,23,30)(H2,24,26,27). The number of anilines is 1. The number of aromatic nitrogens is 1. The normalized spacial score (nSPS) is 19.4. The molecule has 0 saturated carbocycles. The average Bonchev–Trinajstić information content (AvgIpc) is 3.03. The fraction of sp³-hybridized carbons (Fsp3) is 0.682. The van der Waals surface area contributed by atoms with Crippen LogP contribution >= 0.6 is 0 Å². The molecule has 1 aromatic rings. The molecule has 2 saturated heterocycles. The van der Waals surface area contributed by atoms with Crippen LogP contribution in [-0.4, -0.2) is 67.1 Å². The first kappa shape index (κ1) is 22.3. The van der Waals surface area contributed by atoms with Gasteiger partial charge in [0.15, 0.2) is 5.96 Å². The fourth-order valence-corrected chi connectivity index (χ4v) is 4.17. The van der Waals surface area contributed by atoms with Crippen molar-refractivity contribution in [1.29, 1.82) is 0 Å². The number of nitrogens with two attached hydrogens (primary N) is 1. The van der Waals surface area contributed by atoms with E-state index in [1.54, 1.807) is 0 Å². The third-order valence-corrected chi connectivity index (χ3v) is 5.81. The zero-order valence-corrected chi connectivity index (χ0v) is 18.3. The summed E-state index contributed by atoms with van der Waals surface area (Å²) in [5, 5.41) is 6.91. The Bertz CT molecular complexity index is 692. The fourth-order valence-electron chi connectivity index (χ4n) is 4.17. The predicted molar refractivity (Wildman–Crippen MR) is 122 cm³/mol. The minimum absolute atomic E-state index is 0.256. The third-order valence-electron chi connectivity index (χ3n) is 5.81. The molecule has 3 heterocycles. The van der Waals surface area contributed by atoms with Crippen molar-refractivity contribution in [1.82, 2.24) is 20.5 Å². The van der Waals surface area contributed by atoms with E-state index in [0.29, 0.717) is 19.1 Å². The van der Waals surface area contributed by atoms with Crippen molar-refractivity contribution in [2.24, 2.45) is 10.7 Å². The number of hydrogen-bond acceptors (Lipinski definition) is 5. The number of primary amides is 1. The molecule has 0 aliphatic carbocycles. The number of likely N-dealkylation sites (tertiary alicyclic amines) is 1. The summed E-state index contributed by atoms with van der Waals surface area (Å²) in [7, 11) is 0. The van der Waals surface area contributed by atoms with E-state index in [-0.39, 0.29) is 5.91 Å². The molecule has 3 rings (SSSR count). The van der Waals surface area contributed by atoms with Gasteiger partial charge in [0, 0.05) is 45.0 Å². The lowest BCUT2D eigenvalue weighted by atomic mass is 10.1. The molecule has 0 aromatic carbocycles. The summed E-state index contributed by atoms with van der Waals surface area (Å²) in [4.78, 5) is 25.0. The maximum absolute atomic E-state index is 11.1. The van der Waals surface area contributed by atoms with Crippen LogP contribution in [0, 0.1) is 0 Å². The van der Waals surface area contributed by atoms with E-state index in [9.17, 15) is 4.79 Å². The number of guanidine groups is 1. The number of pyridine rings is 1. The highest BCUT2D eigenvalue weighted by atomic mass is 16.1. The van der Waals surface area contributed by atoms with Crippen molar-refractivity contribution < 1.29 is 4.79 Å². The maximum atomic E-state index is 11.1. The summed E-state index contributed by atoms with van der Waals surface area (Å²) >= 11 is 0. The molecule has 2 aliphatic rings. The lowest BCUT2D eigenvalue weighted by Crippen LogP contribution is -2.49. The molecule has 4 N–H and O–H groups in total. The third kappa shape index (κ3) is 7.16. The van der Waals surface area contributed by atoms with Crippen LogP contribution in [0.1, 0.15) is 51.0 Å². The van der Waals surface area contributed by atoms with E-state index in [1.165, 1.54) is 31.2 Å². The lowest BCUT2D eigenvalue weighted by Gasteiger charge is -2.32. The topological polar surface area (TPSA) is 98.9 Å². The Balaban J connectivity index is 1.55. The Hall–Kier alpha value is -2.35. The average molecular weight is 416 g/mol. The molecular weight excluding hydrogens is 378 g/mol. The Labute approximate surface area is 180 Å². The highest BCUT2D eigenvalue weighted by molar-refractivity contribution is 5.80. The molecule has 166 valence electrons. The van der Waals surface area contributed by atoms with Crippen LogP contribution in [0.25, 0.3) is 0 Å². The molecule has 0 bridgehead atoms. The minimum atomic E-state index is -0.256. The summed E-state index contributed by atoms with van der Waals surface area (Å²) in [6.07, 6.45) is 8.99. The van der Waals surface area contributed by atoms with Gasteiger partial charge in [-0.3, -0.25) is 9.69 Å². The highest BCUT2D eigenvalue weighted by Gasteiger charge is 2.20. The number of carbonyl (C=O) groups excluding carboxylic acids is 1. The first-order chi connectivity index (χ1) is 14.6. The van der Waals surface area contributed by atoms with E-state index in [1.807, 2.05) is 6.20 Å². The zero-order valence-electron chi connectivity index (χ0n) is 18.3. The Morgan fingerprint density at radius 1 is 1.20 bits per heavy atom. The van der Waals surface area contributed by atoms with E-state index in [4.69, 9.17) is 10.7 Å². The highest BCUT2D eigenvalue weighted by Crippen LogP contribution is 2.18. The second kappa shape index (κ2) is 11.7. The number of nitrogens with one attached hydrogen (secondary N) is 2. The van der Waals surface area contributed by atoms with Gasteiger partial charge in [-0.2, -0.15) is 0 Å². The number of aliphatic imine (C=N–C) groups is 1. The summed E-state index contributed by atoms with van der Waals surface area (Å²) in [5.41, 5.74) is 6.48. The molecule has 1 amide bonds. The van der Waals surface area contributed by atoms with Crippen LogP contribution in [0.15, 0.2) is 23.3 Å². The van der Waals surface area contributed by atoms with Crippen molar-refractivity contribution in [3.05, 3.63) is 23.9 Å². The van der Waals surface area contributed by atoms with E-state index in [0.717, 1.165) is 57.3 Å². The van der Waals surface area contributed by atoms with Gasteiger partial charge in [0.25, 0.3) is 0 Å². The SMILES string of the molecule is CCNC(=NCc1ccnc(N2CCCCCC2)c1)NC1CCN(CC(N)=O)CC1. The first-order valence-electron chi connectivity index (χ1n) is 11.4. The van der Waals surface area contributed by atoms with Gasteiger partial charge >= 0.3 is 0 Å². The lowest BCUT2D eigenvalue weighted by molar-refractivity contribution is -0.119. The van der Waals surface area contributed by atoms with E-state index < -0.39 is 0 Å². The Morgan fingerprint density at radius 2 is 1.93 bits per heavy atom. The summed E-state index contributed by atoms with van der Waals surface area (Å²) < 4.78 is 0. The van der Waals surface area contributed by atoms with Gasteiger partial charge in [0.05, 0.1) is 13.1 Å². The summed E-state index contributed by atoms with van der Waals surface area (Å²) in [6.45, 7) is 7.82. The van der Waals surface area contributed by atoms with Gasteiger partial charge in [-0.05, 0) is 50.3 Å². The maximum Gasteiger partial charge on any atom is 0.231 e. The number of piperidine rings is 1. The van der Waals surface area contributed by atoms with Crippen molar-refractivity contribution in [2.45, 2.75) is 58.0 Å². The molecular formula is C22H37N7O. The zero-order chi connectivity index (χ0) is 21.2. The van der Waals surface area contributed by atoms with Gasteiger partial charge in [-0.15, -0.1) is 0 Å². The predicted octanol–water partition coefficient (Wildman–Crippen LogP) is 1.47. The van der Waals surface area contributed by atoms with Gasteiger partial charge in [-0.25, -0.2) is 9.98 Å². The minimum Gasteiger partial charge on any atom is -0.369 e. The van der Waals surface area contributed by atoms with Crippen LogP contribution in [0.4, 0.5) is 5.82 Å². The number of nitrogens with zero attached hydrogens (tertiary/aromatic N) is 4. The molecule has 1 aromatic heterocycles. The molecule has 0 spiro atoms. The Kier molecular flexibility index (Phi) is 8.74. The van der Waals surface area contributed by atoms with Crippen LogP contribution in [-0.2, 0) is 11.3 Å². The van der Waals surface area contributed by atoms with Crippen molar-refractivity contribution in [2.75, 3.05) is 44.2 Å². The van der Waals surface area contributed by atoms with Crippen molar-refractivity contribution in [3.8, 4) is 0 Å². The van der Waals surface area contributed by atoms with Crippen LogP contribution < -0.4 is 21.3 Å². The molecule has 8 nitrogen and oxygen atoms in total. The van der Waals surface area contributed by atoms with Crippen molar-refractivity contribution in [3.63, 3.8) is 0 Å². The quantitative estimate of drug-likeness (QED) is 0.461.